The number of benzene rings is 2. The van der Waals surface area contributed by atoms with Gasteiger partial charge in [0, 0.05) is 11.4 Å². The number of hydrogen-bond donors (Lipinski definition) is 3. The lowest BCUT2D eigenvalue weighted by Gasteiger charge is -2.10. The second-order valence-electron chi connectivity index (χ2n) is 6.77. The Balaban J connectivity index is 1.66. The predicted molar refractivity (Wildman–Crippen MR) is 111 cm³/mol. The standard InChI is InChI=1S/C21H17N7O4/c1-27-10-11-28(12-27)21-25-19(22-15-6-2-13(3-7-15)17(29)30)24-20(26-21)23-16-8-4-14(5-9-16)18(31)32/h2-12H,1H3,(H3-,22,23,24,25,26,29,30,31,32). The van der Waals surface area contributed by atoms with E-state index in [4.69, 9.17) is 5.11 Å². The van der Waals surface area contributed by atoms with Crippen molar-refractivity contribution in [2.45, 2.75) is 0 Å². The van der Waals surface area contributed by atoms with Gasteiger partial charge in [-0.2, -0.15) is 19.5 Å². The van der Waals surface area contributed by atoms with Crippen LogP contribution in [0, 0.1) is 0 Å². The number of nitrogens with zero attached hydrogens (tertiary/aromatic N) is 5. The van der Waals surface area contributed by atoms with Gasteiger partial charge in [0.2, 0.25) is 11.9 Å². The van der Waals surface area contributed by atoms with E-state index in [1.807, 2.05) is 17.8 Å². The molecule has 0 radical (unpaired) electrons. The van der Waals surface area contributed by atoms with E-state index in [0.29, 0.717) is 17.3 Å². The smallest absolute Gasteiger partial charge is 0.335 e. The molecule has 0 spiro atoms. The van der Waals surface area contributed by atoms with Crippen LogP contribution in [-0.2, 0) is 7.05 Å². The number of aryl methyl sites for hydroxylation is 1. The molecule has 0 fully saturated rings. The summed E-state index contributed by atoms with van der Waals surface area (Å²) in [7, 11) is 1.86. The summed E-state index contributed by atoms with van der Waals surface area (Å²) in [6.07, 6.45) is 5.38. The Labute approximate surface area is 181 Å². The maximum atomic E-state index is 11.0. The van der Waals surface area contributed by atoms with Gasteiger partial charge in [-0.1, -0.05) is 12.1 Å². The zero-order valence-corrected chi connectivity index (χ0v) is 16.8. The largest absolute Gasteiger partial charge is 0.545 e. The highest BCUT2D eigenvalue weighted by molar-refractivity contribution is 5.88. The Morgan fingerprint density at radius 1 is 0.906 bits per heavy atom. The van der Waals surface area contributed by atoms with Gasteiger partial charge in [-0.3, -0.25) is 0 Å². The Hall–Kier alpha value is -4.80. The van der Waals surface area contributed by atoms with Crippen LogP contribution >= 0.6 is 0 Å². The molecule has 0 aliphatic heterocycles. The molecule has 0 saturated heterocycles. The van der Waals surface area contributed by atoms with Gasteiger partial charge in [-0.15, -0.1) is 0 Å². The third kappa shape index (κ3) is 4.67. The molecule has 0 atom stereocenters. The first-order valence-corrected chi connectivity index (χ1v) is 9.36. The fourth-order valence-electron chi connectivity index (χ4n) is 2.80. The van der Waals surface area contributed by atoms with Gasteiger partial charge in [-0.05, 0) is 42.0 Å². The van der Waals surface area contributed by atoms with Crippen molar-refractivity contribution >= 4 is 35.2 Å². The summed E-state index contributed by atoms with van der Waals surface area (Å²) < 4.78 is 3.53. The third-order valence-corrected chi connectivity index (χ3v) is 4.39. The van der Waals surface area contributed by atoms with Crippen LogP contribution in [0.15, 0.2) is 67.3 Å². The van der Waals surface area contributed by atoms with Crippen molar-refractivity contribution in [1.82, 2.24) is 19.5 Å². The SMILES string of the molecule is C[n+]1ccn(-c2nc(Nc3ccc(C(=O)[O-])cc3)nc(Nc3ccc(C(=O)O)cc3)n2)c1. The van der Waals surface area contributed by atoms with Crippen molar-refractivity contribution in [3.05, 3.63) is 78.4 Å². The number of rotatable bonds is 7. The number of carbonyl (C=O) groups is 2. The Morgan fingerprint density at radius 3 is 1.88 bits per heavy atom. The monoisotopic (exact) mass is 431 g/mol. The summed E-state index contributed by atoms with van der Waals surface area (Å²) in [4.78, 5) is 35.2. The first kappa shape index (κ1) is 20.5. The predicted octanol–water partition coefficient (Wildman–Crippen LogP) is 1.04. The number of nitrogens with one attached hydrogen (secondary N) is 2. The molecule has 2 aromatic carbocycles. The van der Waals surface area contributed by atoms with Crippen molar-refractivity contribution < 1.29 is 24.4 Å². The molecule has 2 aromatic heterocycles. The summed E-state index contributed by atoms with van der Waals surface area (Å²) in [6, 6.07) is 12.1. The minimum atomic E-state index is -1.26. The molecule has 32 heavy (non-hydrogen) atoms. The molecule has 0 amide bonds. The molecule has 3 N–H and O–H groups in total. The molecule has 0 unspecified atom stereocenters. The van der Waals surface area contributed by atoms with E-state index >= 15 is 0 Å². The molecule has 160 valence electrons. The first-order chi connectivity index (χ1) is 15.4. The van der Waals surface area contributed by atoms with E-state index in [0.717, 1.165) is 0 Å². The zero-order valence-electron chi connectivity index (χ0n) is 16.8. The van der Waals surface area contributed by atoms with E-state index in [1.54, 1.807) is 41.4 Å². The van der Waals surface area contributed by atoms with Crippen LogP contribution in [0.2, 0.25) is 0 Å². The van der Waals surface area contributed by atoms with Crippen LogP contribution < -0.4 is 20.3 Å². The van der Waals surface area contributed by atoms with E-state index in [-0.39, 0.29) is 23.0 Å². The Morgan fingerprint density at radius 2 is 1.44 bits per heavy atom. The van der Waals surface area contributed by atoms with Crippen LogP contribution in [0.5, 0.6) is 0 Å². The quantitative estimate of drug-likeness (QED) is 0.365. The second kappa shape index (κ2) is 8.52. The van der Waals surface area contributed by atoms with Gasteiger partial charge < -0.3 is 25.6 Å². The highest BCUT2D eigenvalue weighted by atomic mass is 16.4. The van der Waals surface area contributed by atoms with Crippen molar-refractivity contribution in [3.63, 3.8) is 0 Å². The van der Waals surface area contributed by atoms with Crippen molar-refractivity contribution in [3.8, 4) is 5.95 Å². The number of hydrogen-bond acceptors (Lipinski definition) is 8. The fourth-order valence-corrected chi connectivity index (χ4v) is 2.80. The first-order valence-electron chi connectivity index (χ1n) is 9.36. The molecule has 0 bridgehead atoms. The number of carboxylic acid groups (broad SMARTS) is 2. The number of imidazole rings is 1. The summed E-state index contributed by atoms with van der Waals surface area (Å²) >= 11 is 0. The Kier molecular flexibility index (Phi) is 5.45. The lowest BCUT2D eigenvalue weighted by Crippen LogP contribution is -2.23. The topological polar surface area (TPSA) is 149 Å². The molecule has 11 nitrogen and oxygen atoms in total. The van der Waals surface area contributed by atoms with E-state index in [2.05, 4.69) is 25.6 Å². The minimum absolute atomic E-state index is 0.0545. The summed E-state index contributed by atoms with van der Waals surface area (Å²) in [5, 5.41) is 26.1. The maximum absolute atomic E-state index is 11.0. The average Bonchev–Trinajstić information content (AvgIpc) is 3.21. The van der Waals surface area contributed by atoms with E-state index in [9.17, 15) is 14.7 Å². The normalized spacial score (nSPS) is 10.5. The lowest BCUT2D eigenvalue weighted by molar-refractivity contribution is -0.670. The van der Waals surface area contributed by atoms with Gasteiger partial charge in [0.1, 0.15) is 12.4 Å². The van der Waals surface area contributed by atoms with E-state index < -0.39 is 11.9 Å². The van der Waals surface area contributed by atoms with Gasteiger partial charge in [-0.25, -0.2) is 9.36 Å². The van der Waals surface area contributed by atoms with Crippen LogP contribution in [0.25, 0.3) is 5.95 Å². The number of carboxylic acids is 2. The zero-order chi connectivity index (χ0) is 22.7. The van der Waals surface area contributed by atoms with Gasteiger partial charge in [0.05, 0.1) is 18.6 Å². The second-order valence-corrected chi connectivity index (χ2v) is 6.77. The van der Waals surface area contributed by atoms with E-state index in [1.165, 1.54) is 24.3 Å². The number of aromatic nitrogens is 5. The van der Waals surface area contributed by atoms with Crippen LogP contribution in [0.3, 0.4) is 0 Å². The molecule has 4 rings (SSSR count). The fraction of sp³-hybridized carbons (Fsp3) is 0.0476. The molecule has 11 heteroatoms. The summed E-state index contributed by atoms with van der Waals surface area (Å²) in [6.45, 7) is 0. The average molecular weight is 431 g/mol. The minimum Gasteiger partial charge on any atom is -0.545 e. The van der Waals surface area contributed by atoms with Crippen molar-refractivity contribution in [2.24, 2.45) is 7.05 Å². The highest BCUT2D eigenvalue weighted by Crippen LogP contribution is 2.19. The highest BCUT2D eigenvalue weighted by Gasteiger charge is 2.14. The van der Waals surface area contributed by atoms with Crippen LogP contribution in [-0.4, -0.2) is 36.6 Å². The van der Waals surface area contributed by atoms with Crippen molar-refractivity contribution in [2.75, 3.05) is 10.6 Å². The lowest BCUT2D eigenvalue weighted by atomic mass is 10.2. The number of carbonyl (C=O) groups excluding carboxylic acids is 1. The summed E-state index contributed by atoms with van der Waals surface area (Å²) in [5.74, 6) is -1.50. The third-order valence-electron chi connectivity index (χ3n) is 4.39. The van der Waals surface area contributed by atoms with Gasteiger partial charge >= 0.3 is 11.9 Å². The van der Waals surface area contributed by atoms with Crippen molar-refractivity contribution in [1.29, 1.82) is 0 Å². The maximum Gasteiger partial charge on any atom is 0.335 e. The molecule has 2 heterocycles. The number of anilines is 4. The summed E-state index contributed by atoms with van der Waals surface area (Å²) in [5.41, 5.74) is 1.38. The Bertz CT molecular complexity index is 1210. The van der Waals surface area contributed by atoms with Crippen LogP contribution in [0.4, 0.5) is 23.3 Å². The van der Waals surface area contributed by atoms with Gasteiger partial charge in [0.15, 0.2) is 0 Å². The van der Waals surface area contributed by atoms with Crippen LogP contribution in [0.1, 0.15) is 20.7 Å². The molecule has 0 aliphatic rings. The van der Waals surface area contributed by atoms with Gasteiger partial charge in [0.25, 0.3) is 6.33 Å². The number of aromatic carboxylic acids is 2. The molecule has 4 aromatic rings. The molecule has 0 aliphatic carbocycles. The molecular formula is C21H17N7O4. The molecule has 0 saturated carbocycles. The molecular weight excluding hydrogens is 414 g/mol.